The van der Waals surface area contributed by atoms with Crippen LogP contribution in [0.15, 0.2) is 29.3 Å². The van der Waals surface area contributed by atoms with Gasteiger partial charge in [0.1, 0.15) is 12.4 Å². The number of hydrogen-bond acceptors (Lipinski definition) is 4. The summed E-state index contributed by atoms with van der Waals surface area (Å²) in [4.78, 5) is 15.3. The molecule has 0 aliphatic carbocycles. The summed E-state index contributed by atoms with van der Waals surface area (Å²) in [6, 6.07) is 7.91. The number of amidine groups is 1. The fourth-order valence-electron chi connectivity index (χ4n) is 1.47. The first-order valence-electron chi connectivity index (χ1n) is 6.05. The lowest BCUT2D eigenvalue weighted by Crippen LogP contribution is -2.22. The molecule has 0 unspecified atom stereocenters. The molecule has 0 aromatic heterocycles. The van der Waals surface area contributed by atoms with Crippen molar-refractivity contribution in [3.05, 3.63) is 35.4 Å². The second-order valence-electron chi connectivity index (χ2n) is 3.97. The van der Waals surface area contributed by atoms with Crippen molar-refractivity contribution in [2.24, 2.45) is 4.99 Å². The minimum atomic E-state index is -0.399. The van der Waals surface area contributed by atoms with Crippen LogP contribution in [-0.2, 0) is 16.0 Å². The molecule has 0 spiro atoms. The van der Waals surface area contributed by atoms with Gasteiger partial charge in [0.2, 0.25) is 0 Å². The van der Waals surface area contributed by atoms with Crippen LogP contribution in [0.4, 0.5) is 0 Å². The third kappa shape index (κ3) is 5.68. The highest BCUT2D eigenvalue weighted by molar-refractivity contribution is 5.87. The monoisotopic (exact) mass is 259 g/mol. The summed E-state index contributed by atoms with van der Waals surface area (Å²) in [5, 5.41) is 11.2. The molecule has 100 valence electrons. The van der Waals surface area contributed by atoms with Gasteiger partial charge in [-0.15, -0.1) is 0 Å². The molecule has 0 bridgehead atoms. The van der Waals surface area contributed by atoms with Crippen molar-refractivity contribution in [1.82, 2.24) is 5.32 Å². The molecule has 0 amide bonds. The number of nitriles is 1. The summed E-state index contributed by atoms with van der Waals surface area (Å²) < 4.78 is 4.78. The second kappa shape index (κ2) is 7.88. The number of esters is 1. The van der Waals surface area contributed by atoms with E-state index in [-0.39, 0.29) is 6.54 Å². The molecule has 0 aliphatic rings. The van der Waals surface area contributed by atoms with Gasteiger partial charge >= 0.3 is 5.97 Å². The zero-order valence-corrected chi connectivity index (χ0v) is 11.1. The predicted octanol–water partition coefficient (Wildman–Crippen LogP) is 1.57. The number of nitrogens with zero attached hydrogens (tertiary/aromatic N) is 2. The van der Waals surface area contributed by atoms with Gasteiger partial charge in [0, 0.05) is 6.42 Å². The van der Waals surface area contributed by atoms with Crippen LogP contribution in [0.1, 0.15) is 18.1 Å². The first-order valence-corrected chi connectivity index (χ1v) is 6.05. The highest BCUT2D eigenvalue weighted by Gasteiger charge is 2.04. The molecule has 0 fully saturated rings. The maximum atomic E-state index is 11.2. The van der Waals surface area contributed by atoms with E-state index in [1.54, 1.807) is 6.92 Å². The summed E-state index contributed by atoms with van der Waals surface area (Å²) in [6.07, 6.45) is 2.30. The van der Waals surface area contributed by atoms with Crippen molar-refractivity contribution in [2.75, 3.05) is 13.2 Å². The van der Waals surface area contributed by atoms with Gasteiger partial charge in [0.15, 0.2) is 6.19 Å². The molecular weight excluding hydrogens is 242 g/mol. The van der Waals surface area contributed by atoms with Gasteiger partial charge in [0.05, 0.1) is 6.61 Å². The Morgan fingerprint density at radius 2 is 2.11 bits per heavy atom. The fourth-order valence-corrected chi connectivity index (χ4v) is 1.47. The lowest BCUT2D eigenvalue weighted by atomic mass is 10.1. The molecular formula is C14H17N3O2. The van der Waals surface area contributed by atoms with Gasteiger partial charge < -0.3 is 4.74 Å². The Bertz CT molecular complexity index is 486. The zero-order valence-electron chi connectivity index (χ0n) is 11.1. The lowest BCUT2D eigenvalue weighted by Gasteiger charge is -2.05. The molecule has 5 heteroatoms. The number of benzene rings is 1. The molecule has 1 aromatic rings. The molecule has 1 N–H and O–H groups in total. The molecule has 19 heavy (non-hydrogen) atoms. The fraction of sp³-hybridized carbons (Fsp3) is 0.357. The second-order valence-corrected chi connectivity index (χ2v) is 3.97. The number of carbonyl (C=O) groups excluding carboxylic acids is 1. The van der Waals surface area contributed by atoms with Crippen LogP contribution < -0.4 is 5.32 Å². The van der Waals surface area contributed by atoms with Crippen LogP contribution in [0, 0.1) is 18.4 Å². The predicted molar refractivity (Wildman–Crippen MR) is 72.6 cm³/mol. The van der Waals surface area contributed by atoms with Crippen LogP contribution in [0.5, 0.6) is 0 Å². The van der Waals surface area contributed by atoms with Gasteiger partial charge in [-0.2, -0.15) is 5.26 Å². The van der Waals surface area contributed by atoms with Crippen LogP contribution in [0.25, 0.3) is 0 Å². The number of rotatable bonds is 5. The molecule has 0 heterocycles. The Morgan fingerprint density at radius 1 is 1.42 bits per heavy atom. The van der Waals surface area contributed by atoms with Gasteiger partial charge in [-0.3, -0.25) is 15.1 Å². The summed E-state index contributed by atoms with van der Waals surface area (Å²) in [7, 11) is 0. The standard InChI is InChI=1S/C14H17N3O2/c1-3-19-14(18)9-16-13(17-10-15)8-12-6-4-11(2)5-7-12/h4-7H,3,8-9H2,1-2H3,(H,16,17). The van der Waals surface area contributed by atoms with Gasteiger partial charge in [-0.25, -0.2) is 0 Å². The van der Waals surface area contributed by atoms with Crippen molar-refractivity contribution < 1.29 is 9.53 Å². The normalized spacial score (nSPS) is 10.7. The Balaban J connectivity index is 2.67. The SMILES string of the molecule is CCOC(=O)CN=C(Cc1ccc(C)cc1)NC#N. The van der Waals surface area contributed by atoms with Gasteiger partial charge in [0.25, 0.3) is 0 Å². The Kier molecular flexibility index (Phi) is 6.10. The highest BCUT2D eigenvalue weighted by atomic mass is 16.5. The lowest BCUT2D eigenvalue weighted by molar-refractivity contribution is -0.141. The van der Waals surface area contributed by atoms with Gasteiger partial charge in [-0.1, -0.05) is 29.8 Å². The van der Waals surface area contributed by atoms with E-state index >= 15 is 0 Å². The molecule has 5 nitrogen and oxygen atoms in total. The van der Waals surface area contributed by atoms with E-state index in [0.29, 0.717) is 18.9 Å². The van der Waals surface area contributed by atoms with Crippen LogP contribution in [-0.4, -0.2) is 25.0 Å². The van der Waals surface area contributed by atoms with Crippen molar-refractivity contribution in [3.63, 3.8) is 0 Å². The number of aliphatic imine (C=N–C) groups is 1. The minimum absolute atomic E-state index is 0.0796. The van der Waals surface area contributed by atoms with Crippen molar-refractivity contribution >= 4 is 11.8 Å². The number of ether oxygens (including phenoxy) is 1. The van der Waals surface area contributed by atoms with Crippen LogP contribution in [0.3, 0.4) is 0 Å². The van der Waals surface area contributed by atoms with Crippen LogP contribution in [0.2, 0.25) is 0 Å². The van der Waals surface area contributed by atoms with Crippen molar-refractivity contribution in [2.45, 2.75) is 20.3 Å². The number of hydrogen-bond donors (Lipinski definition) is 1. The summed E-state index contributed by atoms with van der Waals surface area (Å²) in [5.41, 5.74) is 2.19. The maximum Gasteiger partial charge on any atom is 0.327 e. The Labute approximate surface area is 112 Å². The van der Waals surface area contributed by atoms with Crippen LogP contribution >= 0.6 is 0 Å². The number of aryl methyl sites for hydroxylation is 1. The van der Waals surface area contributed by atoms with Crippen molar-refractivity contribution in [1.29, 1.82) is 5.26 Å². The van der Waals surface area contributed by atoms with E-state index in [1.807, 2.05) is 37.4 Å². The third-order valence-electron chi connectivity index (χ3n) is 2.40. The largest absolute Gasteiger partial charge is 0.465 e. The maximum absolute atomic E-state index is 11.2. The van der Waals surface area contributed by atoms with E-state index in [9.17, 15) is 4.79 Å². The summed E-state index contributed by atoms with van der Waals surface area (Å²) >= 11 is 0. The molecule has 0 saturated heterocycles. The Hall–Kier alpha value is -2.35. The van der Waals surface area contributed by atoms with E-state index in [2.05, 4.69) is 10.3 Å². The van der Waals surface area contributed by atoms with Crippen molar-refractivity contribution in [3.8, 4) is 6.19 Å². The topological polar surface area (TPSA) is 74.5 Å². The molecule has 0 radical (unpaired) electrons. The van der Waals surface area contributed by atoms with E-state index in [0.717, 1.165) is 5.56 Å². The average molecular weight is 259 g/mol. The summed E-state index contributed by atoms with van der Waals surface area (Å²) in [5.74, 6) is 0.0584. The smallest absolute Gasteiger partial charge is 0.327 e. The van der Waals surface area contributed by atoms with E-state index in [4.69, 9.17) is 10.00 Å². The minimum Gasteiger partial charge on any atom is -0.465 e. The first-order chi connectivity index (χ1) is 9.15. The first kappa shape index (κ1) is 14.7. The van der Waals surface area contributed by atoms with E-state index < -0.39 is 5.97 Å². The molecule has 0 saturated carbocycles. The Morgan fingerprint density at radius 3 is 2.68 bits per heavy atom. The quantitative estimate of drug-likeness (QED) is 0.286. The molecule has 0 atom stereocenters. The van der Waals surface area contributed by atoms with E-state index in [1.165, 1.54) is 5.56 Å². The highest BCUT2D eigenvalue weighted by Crippen LogP contribution is 2.04. The third-order valence-corrected chi connectivity index (χ3v) is 2.40. The summed E-state index contributed by atoms with van der Waals surface area (Å²) in [6.45, 7) is 3.99. The number of carbonyl (C=O) groups is 1. The molecule has 0 aliphatic heterocycles. The zero-order chi connectivity index (χ0) is 14.1. The molecule has 1 rings (SSSR count). The molecule has 1 aromatic carbocycles. The number of nitrogens with one attached hydrogen (secondary N) is 1. The average Bonchev–Trinajstić information content (AvgIpc) is 2.39. The van der Waals surface area contributed by atoms with Gasteiger partial charge in [-0.05, 0) is 19.4 Å².